The maximum Gasteiger partial charge on any atom is 0.248 e. The van der Waals surface area contributed by atoms with Gasteiger partial charge in [-0.1, -0.05) is 25.1 Å². The number of carbonyl (C=O) groups excluding carboxylic acids is 1. The Kier molecular flexibility index (Phi) is 4.13. The third-order valence-corrected chi connectivity index (χ3v) is 5.54. The first kappa shape index (κ1) is 15.3. The van der Waals surface area contributed by atoms with Crippen molar-refractivity contribution in [3.8, 4) is 0 Å². The highest BCUT2D eigenvalue weighted by Crippen LogP contribution is 2.37. The lowest BCUT2D eigenvalue weighted by Gasteiger charge is -2.51. The Morgan fingerprint density at radius 3 is 2.64 bits per heavy atom. The number of hydrogen-bond acceptors (Lipinski definition) is 3. The van der Waals surface area contributed by atoms with Gasteiger partial charge in [-0.25, -0.2) is 0 Å². The van der Waals surface area contributed by atoms with Crippen molar-refractivity contribution in [3.63, 3.8) is 0 Å². The average Bonchev–Trinajstić information content (AvgIpc) is 2.57. The number of hydrogen-bond donors (Lipinski definition) is 0. The molecule has 0 radical (unpaired) electrons. The first-order chi connectivity index (χ1) is 10.6. The molecule has 0 saturated carbocycles. The van der Waals surface area contributed by atoms with Crippen LogP contribution in [-0.4, -0.2) is 49.2 Å². The van der Waals surface area contributed by atoms with Gasteiger partial charge in [0.25, 0.3) is 0 Å². The van der Waals surface area contributed by atoms with Crippen LogP contribution in [-0.2, 0) is 16.0 Å². The molecule has 1 aromatic carbocycles. The van der Waals surface area contributed by atoms with E-state index in [9.17, 15) is 4.79 Å². The largest absolute Gasteiger partial charge is 0.371 e. The molecule has 4 nitrogen and oxygen atoms in total. The summed E-state index contributed by atoms with van der Waals surface area (Å²) in [6, 6.07) is 8.81. The molecule has 2 aliphatic heterocycles. The number of benzene rings is 1. The fourth-order valence-electron chi connectivity index (χ4n) is 3.80. The molecule has 120 valence electrons. The van der Waals surface area contributed by atoms with E-state index in [4.69, 9.17) is 4.74 Å². The summed E-state index contributed by atoms with van der Waals surface area (Å²) in [7, 11) is 1.90. The highest BCUT2D eigenvalue weighted by Gasteiger charge is 2.46. The number of para-hydroxylation sites is 1. The van der Waals surface area contributed by atoms with E-state index in [1.807, 2.05) is 11.9 Å². The lowest BCUT2D eigenvalue weighted by Crippen LogP contribution is -2.63. The van der Waals surface area contributed by atoms with E-state index >= 15 is 0 Å². The quantitative estimate of drug-likeness (QED) is 0.841. The van der Waals surface area contributed by atoms with Gasteiger partial charge in [-0.3, -0.25) is 4.79 Å². The molecule has 1 aromatic rings. The second-order valence-electron chi connectivity index (χ2n) is 6.50. The van der Waals surface area contributed by atoms with Gasteiger partial charge in [-0.2, -0.15) is 0 Å². The maximum atomic E-state index is 11.8. The van der Waals surface area contributed by atoms with Crippen molar-refractivity contribution in [2.24, 2.45) is 0 Å². The van der Waals surface area contributed by atoms with Gasteiger partial charge in [0.1, 0.15) is 6.61 Å². The molecule has 2 aliphatic rings. The molecule has 0 bridgehead atoms. The average molecular weight is 302 g/mol. The standard InChI is InChI=1S/C18H26N2O2/c1-4-15-7-5-6-8-16(15)20-11-9-18(10-12-20)14(2)19(3)17(21)13-22-18/h5-8,14H,4,9-13H2,1-3H3. The number of anilines is 1. The van der Waals surface area contributed by atoms with Crippen LogP contribution in [0, 0.1) is 0 Å². The fraction of sp³-hybridized carbons (Fsp3) is 0.611. The normalized spacial score (nSPS) is 24.9. The summed E-state index contributed by atoms with van der Waals surface area (Å²) >= 11 is 0. The predicted octanol–water partition coefficient (Wildman–Crippen LogP) is 2.47. The summed E-state index contributed by atoms with van der Waals surface area (Å²) in [4.78, 5) is 16.1. The summed E-state index contributed by atoms with van der Waals surface area (Å²) in [5.74, 6) is 0.0943. The zero-order valence-electron chi connectivity index (χ0n) is 13.8. The number of carbonyl (C=O) groups is 1. The van der Waals surface area contributed by atoms with E-state index < -0.39 is 0 Å². The molecule has 1 atom stereocenters. The molecular weight excluding hydrogens is 276 g/mol. The number of rotatable bonds is 2. The Hall–Kier alpha value is -1.55. The number of likely N-dealkylation sites (N-methyl/N-ethyl adjacent to an activating group) is 1. The summed E-state index contributed by atoms with van der Waals surface area (Å²) in [5.41, 5.74) is 2.59. The van der Waals surface area contributed by atoms with E-state index in [0.717, 1.165) is 32.4 Å². The topological polar surface area (TPSA) is 32.8 Å². The lowest BCUT2D eigenvalue weighted by atomic mass is 9.82. The van der Waals surface area contributed by atoms with Crippen molar-refractivity contribution < 1.29 is 9.53 Å². The molecule has 4 heteroatoms. The summed E-state index contributed by atoms with van der Waals surface area (Å²) in [6.07, 6.45) is 3.01. The van der Waals surface area contributed by atoms with Crippen LogP contribution in [0.1, 0.15) is 32.3 Å². The minimum atomic E-state index is -0.166. The third-order valence-electron chi connectivity index (χ3n) is 5.54. The number of ether oxygens (including phenoxy) is 1. The molecule has 0 N–H and O–H groups in total. The molecule has 2 fully saturated rings. The van der Waals surface area contributed by atoms with Crippen molar-refractivity contribution >= 4 is 11.6 Å². The number of nitrogens with zero attached hydrogens (tertiary/aromatic N) is 2. The van der Waals surface area contributed by atoms with E-state index in [2.05, 4.69) is 43.0 Å². The second kappa shape index (κ2) is 5.92. The maximum absolute atomic E-state index is 11.8. The molecule has 0 aliphatic carbocycles. The number of piperidine rings is 1. The Balaban J connectivity index is 1.74. The summed E-state index contributed by atoms with van der Waals surface area (Å²) in [6.45, 7) is 6.53. The zero-order valence-corrected chi connectivity index (χ0v) is 13.8. The first-order valence-electron chi connectivity index (χ1n) is 8.30. The fourth-order valence-corrected chi connectivity index (χ4v) is 3.80. The van der Waals surface area contributed by atoms with Crippen molar-refractivity contribution in [2.45, 2.75) is 44.8 Å². The van der Waals surface area contributed by atoms with Crippen LogP contribution >= 0.6 is 0 Å². The molecule has 1 spiro atoms. The highest BCUT2D eigenvalue weighted by atomic mass is 16.5. The molecule has 2 heterocycles. The van der Waals surface area contributed by atoms with Crippen LogP contribution < -0.4 is 4.90 Å². The van der Waals surface area contributed by atoms with Gasteiger partial charge in [0.15, 0.2) is 0 Å². The zero-order chi connectivity index (χ0) is 15.7. The van der Waals surface area contributed by atoms with Crippen LogP contribution in [0.2, 0.25) is 0 Å². The Morgan fingerprint density at radius 1 is 1.27 bits per heavy atom. The predicted molar refractivity (Wildman–Crippen MR) is 88.2 cm³/mol. The van der Waals surface area contributed by atoms with Crippen molar-refractivity contribution in [1.29, 1.82) is 0 Å². The van der Waals surface area contributed by atoms with Gasteiger partial charge in [0, 0.05) is 25.8 Å². The van der Waals surface area contributed by atoms with Crippen LogP contribution in [0.4, 0.5) is 5.69 Å². The van der Waals surface area contributed by atoms with Crippen molar-refractivity contribution in [3.05, 3.63) is 29.8 Å². The Bertz CT molecular complexity index is 550. The van der Waals surface area contributed by atoms with Crippen molar-refractivity contribution in [1.82, 2.24) is 4.90 Å². The van der Waals surface area contributed by atoms with E-state index in [1.54, 1.807) is 0 Å². The summed E-state index contributed by atoms with van der Waals surface area (Å²) in [5, 5.41) is 0. The van der Waals surface area contributed by atoms with Gasteiger partial charge in [-0.05, 0) is 37.8 Å². The minimum Gasteiger partial charge on any atom is -0.371 e. The molecule has 0 aromatic heterocycles. The number of aryl methyl sites for hydroxylation is 1. The summed E-state index contributed by atoms with van der Waals surface area (Å²) < 4.78 is 6.02. The van der Waals surface area contributed by atoms with E-state index in [0.29, 0.717) is 0 Å². The first-order valence-corrected chi connectivity index (χ1v) is 8.30. The van der Waals surface area contributed by atoms with Gasteiger partial charge < -0.3 is 14.5 Å². The van der Waals surface area contributed by atoms with Crippen LogP contribution in [0.15, 0.2) is 24.3 Å². The molecule has 3 rings (SSSR count). The van der Waals surface area contributed by atoms with Gasteiger partial charge >= 0.3 is 0 Å². The monoisotopic (exact) mass is 302 g/mol. The highest BCUT2D eigenvalue weighted by molar-refractivity contribution is 5.78. The second-order valence-corrected chi connectivity index (χ2v) is 6.50. The van der Waals surface area contributed by atoms with E-state index in [1.165, 1.54) is 11.3 Å². The number of amides is 1. The van der Waals surface area contributed by atoms with Crippen LogP contribution in [0.3, 0.4) is 0 Å². The van der Waals surface area contributed by atoms with Crippen molar-refractivity contribution in [2.75, 3.05) is 31.6 Å². The molecule has 2 saturated heterocycles. The minimum absolute atomic E-state index is 0.0943. The van der Waals surface area contributed by atoms with Gasteiger partial charge in [0.2, 0.25) is 5.91 Å². The molecule has 1 amide bonds. The van der Waals surface area contributed by atoms with Crippen LogP contribution in [0.5, 0.6) is 0 Å². The van der Waals surface area contributed by atoms with Gasteiger partial charge in [-0.15, -0.1) is 0 Å². The lowest BCUT2D eigenvalue weighted by molar-refractivity contribution is -0.177. The van der Waals surface area contributed by atoms with E-state index in [-0.39, 0.29) is 24.2 Å². The Labute approximate surface area is 133 Å². The SMILES string of the molecule is CCc1ccccc1N1CCC2(CC1)OCC(=O)N(C)C2C. The molecular formula is C18H26N2O2. The Morgan fingerprint density at radius 2 is 1.95 bits per heavy atom. The third kappa shape index (κ3) is 2.50. The molecule has 1 unspecified atom stereocenters. The smallest absolute Gasteiger partial charge is 0.248 e. The molecule has 22 heavy (non-hydrogen) atoms. The van der Waals surface area contributed by atoms with Gasteiger partial charge in [0.05, 0.1) is 11.6 Å². The number of morpholine rings is 1. The van der Waals surface area contributed by atoms with Crippen LogP contribution in [0.25, 0.3) is 0 Å².